The molecular formula is C18H28ClN. The molecule has 112 valence electrons. The molecular weight excluding hydrogens is 266 g/mol. The van der Waals surface area contributed by atoms with E-state index in [-0.39, 0.29) is 0 Å². The fourth-order valence-electron chi connectivity index (χ4n) is 2.49. The molecule has 20 heavy (non-hydrogen) atoms. The minimum Gasteiger partial charge on any atom is -0.310 e. The Bertz CT molecular complexity index is 400. The molecule has 0 spiro atoms. The average Bonchev–Trinajstić information content (AvgIpc) is 2.45. The first-order valence-electron chi connectivity index (χ1n) is 7.79. The van der Waals surface area contributed by atoms with Crippen LogP contribution in [-0.2, 0) is 0 Å². The van der Waals surface area contributed by atoms with Gasteiger partial charge in [0, 0.05) is 11.1 Å². The van der Waals surface area contributed by atoms with Crippen LogP contribution in [0.5, 0.6) is 0 Å². The topological polar surface area (TPSA) is 12.0 Å². The summed E-state index contributed by atoms with van der Waals surface area (Å²) in [6.07, 6.45) is 9.25. The van der Waals surface area contributed by atoms with E-state index >= 15 is 0 Å². The van der Waals surface area contributed by atoms with Crippen molar-refractivity contribution in [1.82, 2.24) is 5.32 Å². The minimum absolute atomic E-state index is 0.428. The van der Waals surface area contributed by atoms with Crippen LogP contribution >= 0.6 is 11.6 Å². The number of hydrogen-bond donors (Lipinski definition) is 1. The van der Waals surface area contributed by atoms with E-state index in [0.29, 0.717) is 6.04 Å². The summed E-state index contributed by atoms with van der Waals surface area (Å²) in [6.45, 7) is 9.21. The smallest absolute Gasteiger partial charge is 0.0409 e. The van der Waals surface area contributed by atoms with E-state index < -0.39 is 0 Å². The minimum atomic E-state index is 0.428. The number of allylic oxidation sites excluding steroid dienone is 1. The molecule has 0 aromatic heterocycles. The maximum atomic E-state index is 6.16. The lowest BCUT2D eigenvalue weighted by Gasteiger charge is -2.21. The van der Waals surface area contributed by atoms with Crippen molar-refractivity contribution < 1.29 is 0 Å². The second-order valence-electron chi connectivity index (χ2n) is 5.43. The molecule has 0 aliphatic carbocycles. The SMILES string of the molecule is C=CCCCCCC(NCCC)c1cc(Cl)ccc1C. The lowest BCUT2D eigenvalue weighted by atomic mass is 9.96. The Morgan fingerprint density at radius 2 is 2.10 bits per heavy atom. The standard InChI is InChI=1S/C18H28ClN/c1-4-6-7-8-9-10-18(20-13-5-2)17-14-16(19)12-11-15(17)3/h4,11-12,14,18,20H,1,5-10,13H2,2-3H3. The molecule has 0 amide bonds. The monoisotopic (exact) mass is 293 g/mol. The van der Waals surface area contributed by atoms with Crippen molar-refractivity contribution >= 4 is 11.6 Å². The lowest BCUT2D eigenvalue weighted by molar-refractivity contribution is 0.470. The highest BCUT2D eigenvalue weighted by atomic mass is 35.5. The Balaban J connectivity index is 2.62. The van der Waals surface area contributed by atoms with E-state index in [9.17, 15) is 0 Å². The van der Waals surface area contributed by atoms with E-state index in [2.05, 4.69) is 37.9 Å². The van der Waals surface area contributed by atoms with Crippen LogP contribution in [0.25, 0.3) is 0 Å². The van der Waals surface area contributed by atoms with Crippen LogP contribution in [0.2, 0.25) is 5.02 Å². The number of nitrogens with one attached hydrogen (secondary N) is 1. The Hall–Kier alpha value is -0.790. The van der Waals surface area contributed by atoms with Crippen molar-refractivity contribution in [1.29, 1.82) is 0 Å². The van der Waals surface area contributed by atoms with Crippen molar-refractivity contribution in [3.05, 3.63) is 47.0 Å². The third kappa shape index (κ3) is 6.11. The summed E-state index contributed by atoms with van der Waals surface area (Å²) in [4.78, 5) is 0. The largest absolute Gasteiger partial charge is 0.310 e. The van der Waals surface area contributed by atoms with Crippen LogP contribution in [0.4, 0.5) is 0 Å². The fraction of sp³-hybridized carbons (Fsp3) is 0.556. The van der Waals surface area contributed by atoms with Gasteiger partial charge in [-0.2, -0.15) is 0 Å². The molecule has 0 aliphatic rings. The van der Waals surface area contributed by atoms with E-state index in [0.717, 1.165) is 24.4 Å². The highest BCUT2D eigenvalue weighted by Gasteiger charge is 2.13. The molecule has 1 atom stereocenters. The number of halogens is 1. The van der Waals surface area contributed by atoms with Gasteiger partial charge in [0.05, 0.1) is 0 Å². The van der Waals surface area contributed by atoms with Gasteiger partial charge < -0.3 is 5.32 Å². The summed E-state index contributed by atoms with van der Waals surface area (Å²) >= 11 is 6.16. The first kappa shape index (κ1) is 17.3. The predicted octanol–water partition coefficient (Wildman–Crippen LogP) is 5.83. The maximum absolute atomic E-state index is 6.16. The predicted molar refractivity (Wildman–Crippen MR) is 90.5 cm³/mol. The molecule has 0 bridgehead atoms. The molecule has 1 unspecified atom stereocenters. The Morgan fingerprint density at radius 1 is 1.30 bits per heavy atom. The lowest BCUT2D eigenvalue weighted by Crippen LogP contribution is -2.23. The number of rotatable bonds is 10. The Morgan fingerprint density at radius 3 is 2.80 bits per heavy atom. The summed E-state index contributed by atoms with van der Waals surface area (Å²) in [6, 6.07) is 6.64. The zero-order valence-corrected chi connectivity index (χ0v) is 13.7. The van der Waals surface area contributed by atoms with Gasteiger partial charge in [0.15, 0.2) is 0 Å². The molecule has 1 aromatic rings. The van der Waals surface area contributed by atoms with Crippen molar-refractivity contribution in [3.63, 3.8) is 0 Å². The highest BCUT2D eigenvalue weighted by Crippen LogP contribution is 2.26. The van der Waals surface area contributed by atoms with Gasteiger partial charge in [0.2, 0.25) is 0 Å². The molecule has 0 saturated heterocycles. The van der Waals surface area contributed by atoms with Gasteiger partial charge in [-0.25, -0.2) is 0 Å². The summed E-state index contributed by atoms with van der Waals surface area (Å²) in [7, 11) is 0. The fourth-order valence-corrected chi connectivity index (χ4v) is 2.67. The zero-order chi connectivity index (χ0) is 14.8. The first-order valence-corrected chi connectivity index (χ1v) is 8.17. The highest BCUT2D eigenvalue weighted by molar-refractivity contribution is 6.30. The van der Waals surface area contributed by atoms with E-state index in [1.807, 2.05) is 12.1 Å². The first-order chi connectivity index (χ1) is 9.69. The van der Waals surface area contributed by atoms with Crippen LogP contribution in [0.3, 0.4) is 0 Å². The third-order valence-corrected chi connectivity index (χ3v) is 3.89. The summed E-state index contributed by atoms with van der Waals surface area (Å²) in [5.74, 6) is 0. The van der Waals surface area contributed by atoms with E-state index in [1.165, 1.54) is 36.8 Å². The number of benzene rings is 1. The van der Waals surface area contributed by atoms with Crippen LogP contribution in [0, 0.1) is 6.92 Å². The van der Waals surface area contributed by atoms with Gasteiger partial charge in [-0.3, -0.25) is 0 Å². The summed E-state index contributed by atoms with van der Waals surface area (Å²) < 4.78 is 0. The van der Waals surface area contributed by atoms with Gasteiger partial charge in [-0.15, -0.1) is 6.58 Å². The van der Waals surface area contributed by atoms with Crippen molar-refractivity contribution in [2.45, 2.75) is 58.4 Å². The average molecular weight is 294 g/mol. The normalized spacial score (nSPS) is 12.3. The van der Waals surface area contributed by atoms with Crippen molar-refractivity contribution in [2.75, 3.05) is 6.54 Å². The number of aryl methyl sites for hydroxylation is 1. The van der Waals surface area contributed by atoms with E-state index in [1.54, 1.807) is 0 Å². The third-order valence-electron chi connectivity index (χ3n) is 3.66. The Labute approximate surface area is 129 Å². The second-order valence-corrected chi connectivity index (χ2v) is 5.87. The quantitative estimate of drug-likeness (QED) is 0.423. The molecule has 1 N–H and O–H groups in total. The van der Waals surface area contributed by atoms with Crippen LogP contribution < -0.4 is 5.32 Å². The van der Waals surface area contributed by atoms with Gasteiger partial charge in [-0.05, 0) is 62.4 Å². The molecule has 0 fully saturated rings. The van der Waals surface area contributed by atoms with Gasteiger partial charge in [-0.1, -0.05) is 43.5 Å². The molecule has 2 heteroatoms. The maximum Gasteiger partial charge on any atom is 0.0409 e. The molecule has 0 aliphatic heterocycles. The van der Waals surface area contributed by atoms with Crippen molar-refractivity contribution in [3.8, 4) is 0 Å². The summed E-state index contributed by atoms with van der Waals surface area (Å²) in [5, 5.41) is 4.50. The van der Waals surface area contributed by atoms with Crippen molar-refractivity contribution in [2.24, 2.45) is 0 Å². The molecule has 1 aromatic carbocycles. The molecule has 1 rings (SSSR count). The molecule has 1 nitrogen and oxygen atoms in total. The van der Waals surface area contributed by atoms with Gasteiger partial charge >= 0.3 is 0 Å². The van der Waals surface area contributed by atoms with Crippen LogP contribution in [0.1, 0.15) is 62.6 Å². The van der Waals surface area contributed by atoms with Gasteiger partial charge in [0.25, 0.3) is 0 Å². The van der Waals surface area contributed by atoms with Gasteiger partial charge in [0.1, 0.15) is 0 Å². The number of unbranched alkanes of at least 4 members (excludes halogenated alkanes) is 3. The molecule has 0 saturated carbocycles. The van der Waals surface area contributed by atoms with Crippen LogP contribution in [-0.4, -0.2) is 6.54 Å². The zero-order valence-electron chi connectivity index (χ0n) is 12.9. The van der Waals surface area contributed by atoms with E-state index in [4.69, 9.17) is 11.6 Å². The Kier molecular flexibility index (Phi) is 8.64. The summed E-state index contributed by atoms with van der Waals surface area (Å²) in [5.41, 5.74) is 2.68. The second kappa shape index (κ2) is 10.0. The molecule has 0 radical (unpaired) electrons. The molecule has 0 heterocycles. The van der Waals surface area contributed by atoms with Crippen LogP contribution in [0.15, 0.2) is 30.9 Å². The number of hydrogen-bond acceptors (Lipinski definition) is 1.